The molecule has 132 valence electrons. The number of carbonyl (C=O) groups excluding carboxylic acids is 1. The van der Waals surface area contributed by atoms with Crippen molar-refractivity contribution in [3.05, 3.63) is 65.7 Å². The summed E-state index contributed by atoms with van der Waals surface area (Å²) in [7, 11) is 1.41. The number of anilines is 1. The Morgan fingerprint density at radius 3 is 2.44 bits per heavy atom. The Hall–Kier alpha value is -2.33. The van der Waals surface area contributed by atoms with E-state index in [-0.39, 0.29) is 5.97 Å². The highest BCUT2D eigenvalue weighted by Gasteiger charge is 2.23. The van der Waals surface area contributed by atoms with Crippen LogP contribution in [0.25, 0.3) is 0 Å². The van der Waals surface area contributed by atoms with E-state index in [9.17, 15) is 4.79 Å². The number of esters is 1. The number of ether oxygens (including phenoxy) is 1. The molecular formula is C21H26N2O2. The SMILES string of the molecule is COC(=O)c1ccc(N2CCN(CCc3ccccc3)C(C)C2)cc1. The topological polar surface area (TPSA) is 32.8 Å². The summed E-state index contributed by atoms with van der Waals surface area (Å²) >= 11 is 0. The molecular weight excluding hydrogens is 312 g/mol. The Labute approximate surface area is 150 Å². The fourth-order valence-corrected chi connectivity index (χ4v) is 3.41. The zero-order chi connectivity index (χ0) is 17.6. The molecule has 2 aromatic rings. The Balaban J connectivity index is 1.55. The third-order valence-corrected chi connectivity index (χ3v) is 4.95. The van der Waals surface area contributed by atoms with Crippen LogP contribution in [0.2, 0.25) is 0 Å². The van der Waals surface area contributed by atoms with Crippen LogP contribution in [-0.4, -0.2) is 50.2 Å². The van der Waals surface area contributed by atoms with Crippen LogP contribution >= 0.6 is 0 Å². The molecule has 0 spiro atoms. The van der Waals surface area contributed by atoms with Gasteiger partial charge in [0.15, 0.2) is 0 Å². The Morgan fingerprint density at radius 1 is 1.08 bits per heavy atom. The van der Waals surface area contributed by atoms with Gasteiger partial charge >= 0.3 is 5.97 Å². The molecule has 1 aliphatic heterocycles. The summed E-state index contributed by atoms with van der Waals surface area (Å²) in [6.45, 7) is 6.47. The molecule has 1 saturated heterocycles. The number of carbonyl (C=O) groups is 1. The molecule has 4 heteroatoms. The molecule has 0 N–H and O–H groups in total. The number of piperazine rings is 1. The number of nitrogens with zero attached hydrogens (tertiary/aromatic N) is 2. The van der Waals surface area contributed by atoms with Crippen molar-refractivity contribution in [1.82, 2.24) is 4.90 Å². The number of hydrogen-bond donors (Lipinski definition) is 0. The summed E-state index contributed by atoms with van der Waals surface area (Å²) in [4.78, 5) is 16.5. The molecule has 1 aliphatic rings. The fraction of sp³-hybridized carbons (Fsp3) is 0.381. The van der Waals surface area contributed by atoms with Gasteiger partial charge in [-0.25, -0.2) is 4.79 Å². The third kappa shape index (κ3) is 4.40. The lowest BCUT2D eigenvalue weighted by molar-refractivity contribution is 0.0600. The Morgan fingerprint density at radius 2 is 1.80 bits per heavy atom. The van der Waals surface area contributed by atoms with Gasteiger partial charge in [-0.3, -0.25) is 4.90 Å². The summed E-state index contributed by atoms with van der Waals surface area (Å²) in [6.07, 6.45) is 1.10. The third-order valence-electron chi connectivity index (χ3n) is 4.95. The minimum absolute atomic E-state index is 0.286. The second-order valence-electron chi connectivity index (χ2n) is 6.61. The van der Waals surface area contributed by atoms with Crippen molar-refractivity contribution in [1.29, 1.82) is 0 Å². The molecule has 1 heterocycles. The highest BCUT2D eigenvalue weighted by Crippen LogP contribution is 2.20. The summed E-state index contributed by atoms with van der Waals surface area (Å²) in [6, 6.07) is 18.9. The van der Waals surface area contributed by atoms with E-state index in [1.165, 1.54) is 18.4 Å². The summed E-state index contributed by atoms with van der Waals surface area (Å²) < 4.78 is 4.76. The van der Waals surface area contributed by atoms with E-state index in [1.54, 1.807) is 0 Å². The number of rotatable bonds is 5. The van der Waals surface area contributed by atoms with Gasteiger partial charge in [-0.05, 0) is 43.2 Å². The number of benzene rings is 2. The van der Waals surface area contributed by atoms with Gasteiger partial charge < -0.3 is 9.64 Å². The molecule has 0 saturated carbocycles. The van der Waals surface area contributed by atoms with Gasteiger partial charge in [0.1, 0.15) is 0 Å². The standard InChI is InChI=1S/C21H26N2O2/c1-17-16-23(20-10-8-19(9-11-20)21(24)25-2)15-14-22(17)13-12-18-6-4-3-5-7-18/h3-11,17H,12-16H2,1-2H3. The van der Waals surface area contributed by atoms with Gasteiger partial charge in [-0.2, -0.15) is 0 Å². The molecule has 25 heavy (non-hydrogen) atoms. The molecule has 1 fully saturated rings. The average Bonchev–Trinajstić information content (AvgIpc) is 2.67. The van der Waals surface area contributed by atoms with Crippen LogP contribution < -0.4 is 4.90 Å². The van der Waals surface area contributed by atoms with Crippen LogP contribution in [-0.2, 0) is 11.2 Å². The van der Waals surface area contributed by atoms with Crippen LogP contribution in [0.15, 0.2) is 54.6 Å². The first-order valence-corrected chi connectivity index (χ1v) is 8.88. The van der Waals surface area contributed by atoms with E-state index in [2.05, 4.69) is 47.1 Å². The summed E-state index contributed by atoms with van der Waals surface area (Å²) in [5, 5.41) is 0. The smallest absolute Gasteiger partial charge is 0.337 e. The molecule has 4 nitrogen and oxygen atoms in total. The molecule has 1 atom stereocenters. The van der Waals surface area contributed by atoms with E-state index >= 15 is 0 Å². The van der Waals surface area contributed by atoms with Crippen molar-refractivity contribution >= 4 is 11.7 Å². The highest BCUT2D eigenvalue weighted by molar-refractivity contribution is 5.89. The van der Waals surface area contributed by atoms with Crippen LogP contribution in [0.1, 0.15) is 22.8 Å². The number of hydrogen-bond acceptors (Lipinski definition) is 4. The normalized spacial score (nSPS) is 18.2. The van der Waals surface area contributed by atoms with Gasteiger partial charge in [0, 0.05) is 37.9 Å². The molecule has 0 amide bonds. The van der Waals surface area contributed by atoms with E-state index in [4.69, 9.17) is 4.74 Å². The quantitative estimate of drug-likeness (QED) is 0.784. The maximum absolute atomic E-state index is 11.5. The minimum atomic E-state index is -0.286. The largest absolute Gasteiger partial charge is 0.465 e. The van der Waals surface area contributed by atoms with Crippen molar-refractivity contribution in [2.24, 2.45) is 0 Å². The second kappa shape index (κ2) is 8.17. The van der Waals surface area contributed by atoms with Crippen LogP contribution in [0.4, 0.5) is 5.69 Å². The first-order chi connectivity index (χ1) is 12.2. The lowest BCUT2D eigenvalue weighted by atomic mass is 10.1. The molecule has 0 aromatic heterocycles. The maximum atomic E-state index is 11.5. The lowest BCUT2D eigenvalue weighted by Crippen LogP contribution is -2.52. The molecule has 0 radical (unpaired) electrons. The molecule has 1 unspecified atom stereocenters. The van der Waals surface area contributed by atoms with Crippen molar-refractivity contribution in [3.8, 4) is 0 Å². The van der Waals surface area contributed by atoms with Crippen LogP contribution in [0.3, 0.4) is 0 Å². The van der Waals surface area contributed by atoms with Gasteiger partial charge in [0.2, 0.25) is 0 Å². The molecule has 3 rings (SSSR count). The molecule has 0 bridgehead atoms. The van der Waals surface area contributed by atoms with Gasteiger partial charge in [0.25, 0.3) is 0 Å². The van der Waals surface area contributed by atoms with E-state index < -0.39 is 0 Å². The van der Waals surface area contributed by atoms with Gasteiger partial charge in [-0.15, -0.1) is 0 Å². The first-order valence-electron chi connectivity index (χ1n) is 8.88. The molecule has 2 aromatic carbocycles. The predicted octanol–water partition coefficient (Wildman–Crippen LogP) is 3.23. The van der Waals surface area contributed by atoms with Crippen LogP contribution in [0, 0.1) is 0 Å². The van der Waals surface area contributed by atoms with E-state index in [0.717, 1.165) is 32.6 Å². The monoisotopic (exact) mass is 338 g/mol. The Kier molecular flexibility index (Phi) is 5.71. The lowest BCUT2D eigenvalue weighted by Gasteiger charge is -2.41. The average molecular weight is 338 g/mol. The minimum Gasteiger partial charge on any atom is -0.465 e. The van der Waals surface area contributed by atoms with Gasteiger partial charge in [0.05, 0.1) is 12.7 Å². The number of methoxy groups -OCH3 is 1. The van der Waals surface area contributed by atoms with Crippen molar-refractivity contribution in [3.63, 3.8) is 0 Å². The van der Waals surface area contributed by atoms with E-state index in [0.29, 0.717) is 11.6 Å². The Bertz CT molecular complexity index is 685. The zero-order valence-electron chi connectivity index (χ0n) is 15.0. The van der Waals surface area contributed by atoms with E-state index in [1.807, 2.05) is 24.3 Å². The predicted molar refractivity (Wildman–Crippen MR) is 101 cm³/mol. The van der Waals surface area contributed by atoms with Crippen molar-refractivity contribution in [2.75, 3.05) is 38.2 Å². The zero-order valence-corrected chi connectivity index (χ0v) is 15.0. The summed E-state index contributed by atoms with van der Waals surface area (Å²) in [5.74, 6) is -0.286. The van der Waals surface area contributed by atoms with Crippen LogP contribution in [0.5, 0.6) is 0 Å². The highest BCUT2D eigenvalue weighted by atomic mass is 16.5. The summed E-state index contributed by atoms with van der Waals surface area (Å²) in [5.41, 5.74) is 3.17. The van der Waals surface area contributed by atoms with Gasteiger partial charge in [-0.1, -0.05) is 30.3 Å². The maximum Gasteiger partial charge on any atom is 0.337 e. The van der Waals surface area contributed by atoms with Crippen molar-refractivity contribution in [2.45, 2.75) is 19.4 Å². The molecule has 0 aliphatic carbocycles. The second-order valence-corrected chi connectivity index (χ2v) is 6.61. The first kappa shape index (κ1) is 17.5. The fourth-order valence-electron chi connectivity index (χ4n) is 3.41. The van der Waals surface area contributed by atoms with Crippen molar-refractivity contribution < 1.29 is 9.53 Å².